The molecule has 1 aliphatic carbocycles. The quantitative estimate of drug-likeness (QED) is 0.815. The normalized spacial score (nSPS) is 19.5. The first-order valence-corrected chi connectivity index (χ1v) is 10.7. The molecule has 0 bridgehead atoms. The van der Waals surface area contributed by atoms with Crippen LogP contribution in [0.3, 0.4) is 0 Å². The molecule has 4 rings (SSSR count). The molecule has 2 aliphatic rings. The number of anilines is 2. The Hall–Kier alpha value is -2.53. The molecule has 0 saturated carbocycles. The first-order valence-electron chi connectivity index (χ1n) is 10.7. The highest BCUT2D eigenvalue weighted by Gasteiger charge is 2.26. The zero-order chi connectivity index (χ0) is 20.2. The molecule has 1 fully saturated rings. The average molecular weight is 394 g/mol. The molecule has 2 aromatic carbocycles. The van der Waals surface area contributed by atoms with Gasteiger partial charge < -0.3 is 20.2 Å². The van der Waals surface area contributed by atoms with Crippen molar-refractivity contribution in [3.05, 3.63) is 59.7 Å². The van der Waals surface area contributed by atoms with Gasteiger partial charge in [-0.2, -0.15) is 0 Å². The molecule has 0 radical (unpaired) electrons. The zero-order valence-corrected chi connectivity index (χ0v) is 17.2. The van der Waals surface area contributed by atoms with Crippen LogP contribution < -0.4 is 10.2 Å². The predicted octanol–water partition coefficient (Wildman–Crippen LogP) is 3.60. The van der Waals surface area contributed by atoms with E-state index in [4.69, 9.17) is 0 Å². The predicted molar refractivity (Wildman–Crippen MR) is 117 cm³/mol. The molecule has 0 spiro atoms. The number of fused-ring (bicyclic) bond motifs is 1. The first kappa shape index (κ1) is 19.8. The maximum Gasteiger partial charge on any atom is 0.242 e. The second kappa shape index (κ2) is 8.87. The summed E-state index contributed by atoms with van der Waals surface area (Å²) in [4.78, 5) is 17.2. The number of aliphatic hydroxyl groups is 1. The number of likely N-dealkylation sites (N-methyl/N-ethyl adjacent to an activating group) is 1. The van der Waals surface area contributed by atoms with E-state index in [1.807, 2.05) is 30.1 Å². The second-order valence-corrected chi connectivity index (χ2v) is 8.20. The fourth-order valence-corrected chi connectivity index (χ4v) is 4.61. The summed E-state index contributed by atoms with van der Waals surface area (Å²) in [6.07, 6.45) is 4.63. The number of aryl methyl sites for hydroxylation is 1. The van der Waals surface area contributed by atoms with Crippen LogP contribution in [0, 0.1) is 0 Å². The summed E-state index contributed by atoms with van der Waals surface area (Å²) >= 11 is 0. The molecule has 2 N–H and O–H groups in total. The van der Waals surface area contributed by atoms with Crippen LogP contribution in [0.25, 0.3) is 0 Å². The number of carbonyl (C=O) groups excluding carboxylic acids is 1. The minimum atomic E-state index is -0.194. The third-order valence-corrected chi connectivity index (χ3v) is 6.34. The highest BCUT2D eigenvalue weighted by molar-refractivity contribution is 5.83. The maximum atomic E-state index is 13.0. The van der Waals surface area contributed by atoms with Crippen LogP contribution in [0.2, 0.25) is 0 Å². The lowest BCUT2D eigenvalue weighted by Gasteiger charge is -2.34. The van der Waals surface area contributed by atoms with E-state index < -0.39 is 0 Å². The van der Waals surface area contributed by atoms with Crippen molar-refractivity contribution in [2.75, 3.05) is 36.9 Å². The maximum absolute atomic E-state index is 13.0. The van der Waals surface area contributed by atoms with Crippen LogP contribution in [-0.4, -0.2) is 48.7 Å². The number of nitrogens with one attached hydrogen (secondary N) is 1. The lowest BCUT2D eigenvalue weighted by Crippen LogP contribution is -2.38. The van der Waals surface area contributed by atoms with Crippen molar-refractivity contribution in [2.45, 2.75) is 44.2 Å². The largest absolute Gasteiger partial charge is 0.393 e. The van der Waals surface area contributed by atoms with Crippen molar-refractivity contribution in [3.8, 4) is 0 Å². The Morgan fingerprint density at radius 1 is 1.10 bits per heavy atom. The van der Waals surface area contributed by atoms with Crippen molar-refractivity contribution in [2.24, 2.45) is 0 Å². The Balaban J connectivity index is 1.42. The summed E-state index contributed by atoms with van der Waals surface area (Å²) in [5.74, 6) is 0.107. The summed E-state index contributed by atoms with van der Waals surface area (Å²) in [5, 5.41) is 13.2. The highest BCUT2D eigenvalue weighted by Crippen LogP contribution is 2.34. The summed E-state index contributed by atoms with van der Waals surface area (Å²) in [7, 11) is 1.93. The Bertz CT molecular complexity index is 846. The number of aliphatic hydroxyl groups excluding tert-OH is 1. The third-order valence-electron chi connectivity index (χ3n) is 6.34. The van der Waals surface area contributed by atoms with Gasteiger partial charge in [-0.15, -0.1) is 0 Å². The van der Waals surface area contributed by atoms with E-state index in [1.165, 1.54) is 11.1 Å². The molecule has 1 unspecified atom stereocenters. The van der Waals surface area contributed by atoms with Gasteiger partial charge in [0.05, 0.1) is 30.1 Å². The van der Waals surface area contributed by atoms with E-state index in [-0.39, 0.29) is 24.6 Å². The lowest BCUT2D eigenvalue weighted by molar-refractivity contribution is -0.130. The van der Waals surface area contributed by atoms with Crippen molar-refractivity contribution in [1.29, 1.82) is 0 Å². The topological polar surface area (TPSA) is 55.8 Å². The monoisotopic (exact) mass is 393 g/mol. The lowest BCUT2D eigenvalue weighted by atomic mass is 9.87. The van der Waals surface area contributed by atoms with Crippen molar-refractivity contribution in [1.82, 2.24) is 4.90 Å². The van der Waals surface area contributed by atoms with E-state index in [9.17, 15) is 9.90 Å². The van der Waals surface area contributed by atoms with Crippen LogP contribution in [-0.2, 0) is 11.2 Å². The van der Waals surface area contributed by atoms with E-state index in [1.54, 1.807) is 0 Å². The number of carbonyl (C=O) groups is 1. The summed E-state index contributed by atoms with van der Waals surface area (Å²) in [6.45, 7) is 1.96. The SMILES string of the molecule is CN(C(=O)CNc1ccccc1N1CCC(O)CC1)C1CCCc2ccccc21. The molecule has 1 heterocycles. The Morgan fingerprint density at radius 2 is 1.83 bits per heavy atom. The molecule has 29 heavy (non-hydrogen) atoms. The van der Waals surface area contributed by atoms with Gasteiger partial charge in [0.2, 0.25) is 5.91 Å². The smallest absolute Gasteiger partial charge is 0.242 e. The highest BCUT2D eigenvalue weighted by atomic mass is 16.3. The molecule has 5 heteroatoms. The number of nitrogens with zero attached hydrogens (tertiary/aromatic N) is 2. The molecule has 1 saturated heterocycles. The average Bonchev–Trinajstić information content (AvgIpc) is 2.77. The van der Waals surface area contributed by atoms with E-state index in [0.717, 1.165) is 56.6 Å². The van der Waals surface area contributed by atoms with Crippen molar-refractivity contribution < 1.29 is 9.90 Å². The van der Waals surface area contributed by atoms with Gasteiger partial charge in [0.25, 0.3) is 0 Å². The van der Waals surface area contributed by atoms with Crippen molar-refractivity contribution in [3.63, 3.8) is 0 Å². The summed E-state index contributed by atoms with van der Waals surface area (Å²) < 4.78 is 0. The zero-order valence-electron chi connectivity index (χ0n) is 17.2. The molecule has 1 aliphatic heterocycles. The van der Waals surface area contributed by atoms with Gasteiger partial charge in [-0.3, -0.25) is 4.79 Å². The van der Waals surface area contributed by atoms with Crippen LogP contribution in [0.4, 0.5) is 11.4 Å². The van der Waals surface area contributed by atoms with Gasteiger partial charge in [0.1, 0.15) is 0 Å². The number of hydrogen-bond acceptors (Lipinski definition) is 4. The Labute approximate surface area is 173 Å². The van der Waals surface area contributed by atoms with E-state index in [0.29, 0.717) is 0 Å². The number of amides is 1. The van der Waals surface area contributed by atoms with Gasteiger partial charge in [0.15, 0.2) is 0 Å². The van der Waals surface area contributed by atoms with E-state index >= 15 is 0 Å². The van der Waals surface area contributed by atoms with Crippen LogP contribution in [0.1, 0.15) is 42.9 Å². The second-order valence-electron chi connectivity index (χ2n) is 8.20. The third kappa shape index (κ3) is 4.40. The summed E-state index contributed by atoms with van der Waals surface area (Å²) in [6, 6.07) is 16.8. The number of para-hydroxylation sites is 2. The molecule has 1 atom stereocenters. The fourth-order valence-electron chi connectivity index (χ4n) is 4.61. The molecular formula is C24H31N3O2. The number of hydrogen-bond donors (Lipinski definition) is 2. The molecule has 2 aromatic rings. The van der Waals surface area contributed by atoms with Crippen LogP contribution in [0.5, 0.6) is 0 Å². The summed E-state index contributed by atoms with van der Waals surface area (Å²) in [5.41, 5.74) is 4.75. The van der Waals surface area contributed by atoms with E-state index in [2.05, 4.69) is 40.5 Å². The molecule has 154 valence electrons. The van der Waals surface area contributed by atoms with Gasteiger partial charge in [0, 0.05) is 20.1 Å². The number of benzene rings is 2. The minimum Gasteiger partial charge on any atom is -0.393 e. The van der Waals surface area contributed by atoms with Crippen LogP contribution >= 0.6 is 0 Å². The van der Waals surface area contributed by atoms with Crippen LogP contribution in [0.15, 0.2) is 48.5 Å². The Kier molecular flexibility index (Phi) is 6.05. The minimum absolute atomic E-state index is 0.107. The molecule has 1 amide bonds. The Morgan fingerprint density at radius 3 is 2.66 bits per heavy atom. The fraction of sp³-hybridized carbons (Fsp3) is 0.458. The van der Waals surface area contributed by atoms with Crippen molar-refractivity contribution >= 4 is 17.3 Å². The number of rotatable bonds is 5. The van der Waals surface area contributed by atoms with Gasteiger partial charge in [-0.1, -0.05) is 36.4 Å². The first-order chi connectivity index (χ1) is 14.1. The number of piperidine rings is 1. The van der Waals surface area contributed by atoms with Gasteiger partial charge in [-0.25, -0.2) is 0 Å². The van der Waals surface area contributed by atoms with Gasteiger partial charge >= 0.3 is 0 Å². The molecule has 0 aromatic heterocycles. The van der Waals surface area contributed by atoms with Gasteiger partial charge in [-0.05, 0) is 55.4 Å². The molecule has 5 nitrogen and oxygen atoms in total. The molecular weight excluding hydrogens is 362 g/mol. The standard InChI is InChI=1S/C24H31N3O2/c1-26(22-12-6-8-18-7-2-3-9-20(18)22)24(29)17-25-21-10-4-5-11-23(21)27-15-13-19(28)14-16-27/h2-5,7,9-11,19,22,25,28H,6,8,12-17H2,1H3.